The first-order chi connectivity index (χ1) is 7.72. The van der Waals surface area contributed by atoms with Crippen LogP contribution in [0.2, 0.25) is 0 Å². The lowest BCUT2D eigenvalue weighted by Crippen LogP contribution is -2.14. The molecule has 1 aromatic heterocycles. The number of nitrogen functional groups attached to an aromatic ring is 1. The molecule has 0 amide bonds. The molecule has 16 heavy (non-hydrogen) atoms. The van der Waals surface area contributed by atoms with Gasteiger partial charge in [-0.3, -0.25) is 4.68 Å². The van der Waals surface area contributed by atoms with Gasteiger partial charge in [0.25, 0.3) is 0 Å². The van der Waals surface area contributed by atoms with Crippen LogP contribution in [0.4, 0.5) is 5.69 Å². The molecule has 3 rings (SSSR count). The predicted octanol–water partition coefficient (Wildman–Crippen LogP) is 2.08. The van der Waals surface area contributed by atoms with Crippen molar-refractivity contribution in [1.29, 1.82) is 0 Å². The normalized spacial score (nSPS) is 17.3. The lowest BCUT2D eigenvalue weighted by molar-refractivity contribution is 0.658. The first-order valence-electron chi connectivity index (χ1n) is 5.57. The highest BCUT2D eigenvalue weighted by Crippen LogP contribution is 2.53. The molecule has 1 fully saturated rings. The number of nitrogens with zero attached hydrogens (tertiary/aromatic N) is 2. The van der Waals surface area contributed by atoms with Gasteiger partial charge in [0.05, 0.1) is 0 Å². The minimum atomic E-state index is 0.167. The van der Waals surface area contributed by atoms with E-state index in [2.05, 4.69) is 23.3 Å². The third-order valence-electron chi connectivity index (χ3n) is 3.50. The molecule has 2 N–H and O–H groups in total. The Bertz CT molecular complexity index is 523. The Balaban J connectivity index is 2.10. The van der Waals surface area contributed by atoms with Crippen molar-refractivity contribution in [2.24, 2.45) is 7.05 Å². The van der Waals surface area contributed by atoms with Crippen molar-refractivity contribution in [3.8, 4) is 0 Å². The maximum Gasteiger partial charge on any atom is 0.0492 e. The largest absolute Gasteiger partial charge is 0.399 e. The molecule has 1 saturated carbocycles. The topological polar surface area (TPSA) is 43.8 Å². The van der Waals surface area contributed by atoms with E-state index in [0.717, 1.165) is 5.69 Å². The molecule has 1 heterocycles. The summed E-state index contributed by atoms with van der Waals surface area (Å²) in [4.78, 5) is 0. The highest BCUT2D eigenvalue weighted by molar-refractivity contribution is 5.49. The highest BCUT2D eigenvalue weighted by atomic mass is 15.3. The number of anilines is 1. The van der Waals surface area contributed by atoms with Crippen LogP contribution in [0, 0.1) is 0 Å². The van der Waals surface area contributed by atoms with Gasteiger partial charge in [-0.25, -0.2) is 0 Å². The molecule has 0 atom stereocenters. The lowest BCUT2D eigenvalue weighted by Gasteiger charge is -2.16. The molecule has 0 bridgehead atoms. The van der Waals surface area contributed by atoms with Crippen molar-refractivity contribution in [3.05, 3.63) is 47.8 Å². The SMILES string of the molecule is Cn1nccc1C1(c2cccc(N)c2)CC1. The van der Waals surface area contributed by atoms with Crippen LogP contribution in [0.15, 0.2) is 36.5 Å². The van der Waals surface area contributed by atoms with Gasteiger partial charge in [0, 0.05) is 30.0 Å². The molecule has 0 saturated heterocycles. The Kier molecular flexibility index (Phi) is 1.84. The lowest BCUT2D eigenvalue weighted by atomic mass is 9.92. The summed E-state index contributed by atoms with van der Waals surface area (Å²) in [5.74, 6) is 0. The molecule has 0 unspecified atom stereocenters. The van der Waals surface area contributed by atoms with E-state index in [9.17, 15) is 0 Å². The number of benzene rings is 1. The van der Waals surface area contributed by atoms with Gasteiger partial charge in [0.15, 0.2) is 0 Å². The van der Waals surface area contributed by atoms with Gasteiger partial charge in [-0.15, -0.1) is 0 Å². The number of nitrogens with two attached hydrogens (primary N) is 1. The molecule has 0 aliphatic heterocycles. The monoisotopic (exact) mass is 213 g/mol. The average molecular weight is 213 g/mol. The summed E-state index contributed by atoms with van der Waals surface area (Å²) in [5.41, 5.74) is 9.46. The summed E-state index contributed by atoms with van der Waals surface area (Å²) < 4.78 is 1.97. The molecular weight excluding hydrogens is 198 g/mol. The van der Waals surface area contributed by atoms with E-state index in [0.29, 0.717) is 0 Å². The number of rotatable bonds is 2. The van der Waals surface area contributed by atoms with Crippen LogP contribution in [0.5, 0.6) is 0 Å². The Labute approximate surface area is 94.9 Å². The standard InChI is InChI=1S/C13H15N3/c1-16-12(5-8-15-16)13(6-7-13)10-3-2-4-11(14)9-10/h2-5,8-9H,6-7,14H2,1H3. The quantitative estimate of drug-likeness (QED) is 0.776. The second kappa shape index (κ2) is 3.11. The van der Waals surface area contributed by atoms with E-state index >= 15 is 0 Å². The first kappa shape index (κ1) is 9.46. The van der Waals surface area contributed by atoms with E-state index in [4.69, 9.17) is 5.73 Å². The smallest absolute Gasteiger partial charge is 0.0492 e. The number of hydrogen-bond acceptors (Lipinski definition) is 2. The summed E-state index contributed by atoms with van der Waals surface area (Å²) in [5, 5.41) is 4.26. The number of aromatic nitrogens is 2. The van der Waals surface area contributed by atoms with E-state index in [1.165, 1.54) is 24.1 Å². The maximum absolute atomic E-state index is 5.85. The summed E-state index contributed by atoms with van der Waals surface area (Å²) in [6.07, 6.45) is 4.24. The molecule has 0 radical (unpaired) electrons. The van der Waals surface area contributed by atoms with Crippen LogP contribution in [-0.2, 0) is 12.5 Å². The fraction of sp³-hybridized carbons (Fsp3) is 0.308. The molecule has 3 nitrogen and oxygen atoms in total. The van der Waals surface area contributed by atoms with Gasteiger partial charge in [-0.1, -0.05) is 12.1 Å². The molecule has 3 heteroatoms. The van der Waals surface area contributed by atoms with Crippen molar-refractivity contribution in [3.63, 3.8) is 0 Å². The number of aryl methyl sites for hydroxylation is 1. The van der Waals surface area contributed by atoms with E-state index in [1.807, 2.05) is 30.1 Å². The molecule has 1 aliphatic carbocycles. The zero-order valence-corrected chi connectivity index (χ0v) is 9.35. The van der Waals surface area contributed by atoms with Gasteiger partial charge in [-0.05, 0) is 36.6 Å². The third-order valence-corrected chi connectivity index (χ3v) is 3.50. The van der Waals surface area contributed by atoms with Gasteiger partial charge < -0.3 is 5.73 Å². The summed E-state index contributed by atoms with van der Waals surface area (Å²) in [6, 6.07) is 10.3. The first-order valence-corrected chi connectivity index (χ1v) is 5.57. The summed E-state index contributed by atoms with van der Waals surface area (Å²) in [6.45, 7) is 0. The zero-order valence-electron chi connectivity index (χ0n) is 9.35. The van der Waals surface area contributed by atoms with Crippen molar-refractivity contribution in [2.75, 3.05) is 5.73 Å². The molecule has 0 spiro atoms. The van der Waals surface area contributed by atoms with Gasteiger partial charge in [0.2, 0.25) is 0 Å². The minimum Gasteiger partial charge on any atom is -0.399 e. The molecule has 2 aromatic rings. The Hall–Kier alpha value is -1.77. The second-order valence-corrected chi connectivity index (χ2v) is 4.55. The van der Waals surface area contributed by atoms with Crippen molar-refractivity contribution >= 4 is 5.69 Å². The predicted molar refractivity (Wildman–Crippen MR) is 64.1 cm³/mol. The van der Waals surface area contributed by atoms with Crippen LogP contribution in [0.1, 0.15) is 24.1 Å². The Morgan fingerprint density at radius 2 is 2.12 bits per heavy atom. The summed E-state index contributed by atoms with van der Waals surface area (Å²) in [7, 11) is 2.00. The molecular formula is C13H15N3. The maximum atomic E-state index is 5.85. The average Bonchev–Trinajstić information content (AvgIpc) is 2.97. The van der Waals surface area contributed by atoms with Gasteiger partial charge in [0.1, 0.15) is 0 Å². The summed E-state index contributed by atoms with van der Waals surface area (Å²) >= 11 is 0. The molecule has 1 aliphatic rings. The van der Waals surface area contributed by atoms with E-state index in [-0.39, 0.29) is 5.41 Å². The van der Waals surface area contributed by atoms with Gasteiger partial charge in [-0.2, -0.15) is 5.10 Å². The fourth-order valence-electron chi connectivity index (χ4n) is 2.50. The fourth-order valence-corrected chi connectivity index (χ4v) is 2.50. The second-order valence-electron chi connectivity index (χ2n) is 4.55. The van der Waals surface area contributed by atoms with Crippen LogP contribution in [0.3, 0.4) is 0 Å². The molecule has 82 valence electrons. The minimum absolute atomic E-state index is 0.167. The van der Waals surface area contributed by atoms with E-state index < -0.39 is 0 Å². The van der Waals surface area contributed by atoms with Crippen molar-refractivity contribution in [2.45, 2.75) is 18.3 Å². The van der Waals surface area contributed by atoms with Crippen LogP contribution >= 0.6 is 0 Å². The number of hydrogen-bond donors (Lipinski definition) is 1. The third kappa shape index (κ3) is 1.24. The van der Waals surface area contributed by atoms with Crippen LogP contribution < -0.4 is 5.73 Å². The van der Waals surface area contributed by atoms with E-state index in [1.54, 1.807) is 0 Å². The van der Waals surface area contributed by atoms with Crippen LogP contribution in [0.25, 0.3) is 0 Å². The zero-order chi connectivity index (χ0) is 11.2. The van der Waals surface area contributed by atoms with Crippen molar-refractivity contribution < 1.29 is 0 Å². The molecule has 1 aromatic carbocycles. The van der Waals surface area contributed by atoms with Crippen LogP contribution in [-0.4, -0.2) is 9.78 Å². The Morgan fingerprint density at radius 3 is 2.69 bits per heavy atom. The highest BCUT2D eigenvalue weighted by Gasteiger charge is 2.47. The van der Waals surface area contributed by atoms with Crippen molar-refractivity contribution in [1.82, 2.24) is 9.78 Å². The van der Waals surface area contributed by atoms with Gasteiger partial charge >= 0.3 is 0 Å². The Morgan fingerprint density at radius 1 is 1.31 bits per heavy atom.